The van der Waals surface area contributed by atoms with Crippen LogP contribution in [0.1, 0.15) is 42.3 Å². The predicted octanol–water partition coefficient (Wildman–Crippen LogP) is 4.33. The number of pyridine rings is 1. The Morgan fingerprint density at radius 3 is 2.90 bits per heavy atom. The first-order valence-corrected chi connectivity index (χ1v) is 8.08. The Morgan fingerprint density at radius 1 is 1.33 bits per heavy atom. The Kier molecular flexibility index (Phi) is 4.27. The average molecular weight is 347 g/mol. The molecule has 0 bridgehead atoms. The Hall–Kier alpha value is -1.39. The molecule has 3 rings (SSSR count). The summed E-state index contributed by atoms with van der Waals surface area (Å²) in [6, 6.07) is 10.7. The fraction of sp³-hybridized carbons (Fsp3) is 0.353. The van der Waals surface area contributed by atoms with E-state index in [-0.39, 0.29) is 6.10 Å². The van der Waals surface area contributed by atoms with Crippen LogP contribution in [0.4, 0.5) is 0 Å². The Labute approximate surface area is 133 Å². The molecular formula is C17H19BrN2O. The molecule has 0 radical (unpaired) electrons. The third-order valence-corrected chi connectivity index (χ3v) is 4.32. The zero-order valence-electron chi connectivity index (χ0n) is 12.3. The molecule has 2 unspecified atom stereocenters. The number of hydrogen-bond donors (Lipinski definition) is 1. The zero-order valence-corrected chi connectivity index (χ0v) is 13.9. The molecule has 1 N–H and O–H groups in total. The second-order valence-corrected chi connectivity index (χ2v) is 6.28. The van der Waals surface area contributed by atoms with Gasteiger partial charge in [-0.25, -0.2) is 0 Å². The normalized spacial score (nSPS) is 20.7. The molecule has 1 aromatic carbocycles. The van der Waals surface area contributed by atoms with E-state index in [1.165, 1.54) is 5.56 Å². The van der Waals surface area contributed by atoms with Crippen LogP contribution in [0.2, 0.25) is 0 Å². The third kappa shape index (κ3) is 3.11. The molecule has 0 aliphatic carbocycles. The van der Waals surface area contributed by atoms with E-state index >= 15 is 0 Å². The van der Waals surface area contributed by atoms with E-state index in [1.54, 1.807) is 0 Å². The van der Waals surface area contributed by atoms with Crippen LogP contribution in [0.3, 0.4) is 0 Å². The van der Waals surface area contributed by atoms with E-state index in [0.717, 1.165) is 34.4 Å². The van der Waals surface area contributed by atoms with Gasteiger partial charge in [0.05, 0.1) is 0 Å². The van der Waals surface area contributed by atoms with Crippen molar-refractivity contribution in [2.75, 3.05) is 6.54 Å². The molecule has 0 saturated carbocycles. The minimum atomic E-state index is 0.0453. The molecule has 1 aromatic heterocycles. The van der Waals surface area contributed by atoms with Crippen LogP contribution in [-0.4, -0.2) is 11.5 Å². The van der Waals surface area contributed by atoms with Gasteiger partial charge in [-0.05, 0) is 31.7 Å². The largest absolute Gasteiger partial charge is 0.485 e. The summed E-state index contributed by atoms with van der Waals surface area (Å²) in [6.07, 6.45) is 2.89. The highest BCUT2D eigenvalue weighted by Gasteiger charge is 2.29. The first-order chi connectivity index (χ1) is 10.2. The van der Waals surface area contributed by atoms with Crippen molar-refractivity contribution in [3.05, 3.63) is 57.8 Å². The Bertz CT molecular complexity index is 627. The smallest absolute Gasteiger partial charge is 0.127 e. The summed E-state index contributed by atoms with van der Waals surface area (Å²) in [6.45, 7) is 5.08. The van der Waals surface area contributed by atoms with Crippen LogP contribution >= 0.6 is 15.9 Å². The van der Waals surface area contributed by atoms with Crippen molar-refractivity contribution in [3.8, 4) is 5.75 Å². The van der Waals surface area contributed by atoms with Crippen LogP contribution in [0.15, 0.2) is 41.0 Å². The average Bonchev–Trinajstić information content (AvgIpc) is 2.47. The fourth-order valence-corrected chi connectivity index (χ4v) is 3.09. The molecule has 2 heterocycles. The molecule has 1 aliphatic rings. The summed E-state index contributed by atoms with van der Waals surface area (Å²) in [4.78, 5) is 4.39. The zero-order chi connectivity index (χ0) is 14.8. The Morgan fingerprint density at radius 2 is 2.19 bits per heavy atom. The number of ether oxygens (including phenoxy) is 1. The van der Waals surface area contributed by atoms with Crippen molar-refractivity contribution in [3.63, 3.8) is 0 Å². The van der Waals surface area contributed by atoms with Crippen molar-refractivity contribution in [1.82, 2.24) is 10.3 Å². The van der Waals surface area contributed by atoms with Gasteiger partial charge in [-0.1, -0.05) is 35.0 Å². The maximum atomic E-state index is 6.21. The maximum Gasteiger partial charge on any atom is 0.127 e. The molecule has 0 saturated heterocycles. The SMILES string of the molecule is CCNC1CC(c2ccc(C)nc2)Oc2cc(Br)ccc21. The second kappa shape index (κ2) is 6.16. The van der Waals surface area contributed by atoms with E-state index in [9.17, 15) is 0 Å². The van der Waals surface area contributed by atoms with Gasteiger partial charge in [0.1, 0.15) is 11.9 Å². The van der Waals surface area contributed by atoms with E-state index in [0.29, 0.717) is 6.04 Å². The summed E-state index contributed by atoms with van der Waals surface area (Å²) < 4.78 is 7.25. The summed E-state index contributed by atoms with van der Waals surface area (Å²) in [5, 5.41) is 3.56. The van der Waals surface area contributed by atoms with Gasteiger partial charge in [-0.2, -0.15) is 0 Å². The van der Waals surface area contributed by atoms with Gasteiger partial charge in [0, 0.05) is 40.0 Å². The van der Waals surface area contributed by atoms with Crippen LogP contribution in [0, 0.1) is 6.92 Å². The van der Waals surface area contributed by atoms with Crippen LogP contribution < -0.4 is 10.1 Å². The van der Waals surface area contributed by atoms with E-state index in [1.807, 2.05) is 25.3 Å². The topological polar surface area (TPSA) is 34.2 Å². The van der Waals surface area contributed by atoms with Gasteiger partial charge in [-0.15, -0.1) is 0 Å². The first kappa shape index (κ1) is 14.5. The number of hydrogen-bond acceptors (Lipinski definition) is 3. The van der Waals surface area contributed by atoms with Gasteiger partial charge >= 0.3 is 0 Å². The van der Waals surface area contributed by atoms with Crippen molar-refractivity contribution < 1.29 is 4.74 Å². The van der Waals surface area contributed by atoms with Gasteiger partial charge in [0.2, 0.25) is 0 Å². The van der Waals surface area contributed by atoms with Crippen molar-refractivity contribution in [2.24, 2.45) is 0 Å². The molecular weight excluding hydrogens is 328 g/mol. The number of rotatable bonds is 3. The number of benzene rings is 1. The fourth-order valence-electron chi connectivity index (χ4n) is 2.75. The highest BCUT2D eigenvalue weighted by Crippen LogP contribution is 2.41. The van der Waals surface area contributed by atoms with E-state index in [4.69, 9.17) is 4.74 Å². The van der Waals surface area contributed by atoms with Gasteiger partial charge in [0.25, 0.3) is 0 Å². The highest BCUT2D eigenvalue weighted by molar-refractivity contribution is 9.10. The molecule has 21 heavy (non-hydrogen) atoms. The summed E-state index contributed by atoms with van der Waals surface area (Å²) in [5.74, 6) is 0.951. The van der Waals surface area contributed by atoms with Gasteiger partial charge < -0.3 is 10.1 Å². The third-order valence-electron chi connectivity index (χ3n) is 3.83. The van der Waals surface area contributed by atoms with Gasteiger partial charge in [-0.3, -0.25) is 4.98 Å². The number of aromatic nitrogens is 1. The lowest BCUT2D eigenvalue weighted by molar-refractivity contribution is 0.151. The molecule has 3 nitrogen and oxygen atoms in total. The highest BCUT2D eigenvalue weighted by atomic mass is 79.9. The Balaban J connectivity index is 1.94. The standard InChI is InChI=1S/C17H19BrN2O/c1-3-19-15-9-16(12-5-4-11(2)20-10-12)21-17-8-13(18)6-7-14(15)17/h4-8,10,15-16,19H,3,9H2,1-2H3. The molecule has 2 aromatic rings. The minimum absolute atomic E-state index is 0.0453. The number of halogens is 1. The molecule has 2 atom stereocenters. The lowest BCUT2D eigenvalue weighted by atomic mass is 9.93. The quantitative estimate of drug-likeness (QED) is 0.898. The molecule has 0 fully saturated rings. The summed E-state index contributed by atoms with van der Waals surface area (Å²) in [7, 11) is 0. The predicted molar refractivity (Wildman–Crippen MR) is 87.5 cm³/mol. The van der Waals surface area contributed by atoms with Crippen molar-refractivity contribution in [1.29, 1.82) is 0 Å². The van der Waals surface area contributed by atoms with Crippen molar-refractivity contribution >= 4 is 15.9 Å². The number of nitrogens with one attached hydrogen (secondary N) is 1. The second-order valence-electron chi connectivity index (χ2n) is 5.37. The molecule has 0 spiro atoms. The maximum absolute atomic E-state index is 6.21. The molecule has 1 aliphatic heterocycles. The van der Waals surface area contributed by atoms with E-state index in [2.05, 4.69) is 51.4 Å². The van der Waals surface area contributed by atoms with Crippen molar-refractivity contribution in [2.45, 2.75) is 32.4 Å². The number of nitrogens with zero attached hydrogens (tertiary/aromatic N) is 1. The minimum Gasteiger partial charge on any atom is -0.485 e. The monoisotopic (exact) mass is 346 g/mol. The van der Waals surface area contributed by atoms with Crippen LogP contribution in [-0.2, 0) is 0 Å². The lowest BCUT2D eigenvalue weighted by Gasteiger charge is -2.33. The number of fused-ring (bicyclic) bond motifs is 1. The van der Waals surface area contributed by atoms with Crippen LogP contribution in [0.25, 0.3) is 0 Å². The molecule has 0 amide bonds. The van der Waals surface area contributed by atoms with Crippen LogP contribution in [0.5, 0.6) is 5.75 Å². The van der Waals surface area contributed by atoms with E-state index < -0.39 is 0 Å². The lowest BCUT2D eigenvalue weighted by Crippen LogP contribution is -2.29. The summed E-state index contributed by atoms with van der Waals surface area (Å²) >= 11 is 3.52. The molecule has 4 heteroatoms. The van der Waals surface area contributed by atoms with Gasteiger partial charge in [0.15, 0.2) is 0 Å². The summed E-state index contributed by atoms with van der Waals surface area (Å²) in [5.41, 5.74) is 3.39. The molecule has 110 valence electrons. The number of aryl methyl sites for hydroxylation is 1. The first-order valence-electron chi connectivity index (χ1n) is 7.29.